The number of carbonyl (C=O) groups excluding carboxylic acids is 1. The predicted octanol–water partition coefficient (Wildman–Crippen LogP) is 2.04. The first-order valence-electron chi connectivity index (χ1n) is 6.24. The van der Waals surface area contributed by atoms with E-state index in [-0.39, 0.29) is 11.8 Å². The van der Waals surface area contributed by atoms with Crippen molar-refractivity contribution in [1.29, 1.82) is 0 Å². The highest BCUT2D eigenvalue weighted by atomic mass is 16.5. The maximum atomic E-state index is 12.4. The zero-order chi connectivity index (χ0) is 12.1. The van der Waals surface area contributed by atoms with E-state index >= 15 is 0 Å². The summed E-state index contributed by atoms with van der Waals surface area (Å²) >= 11 is 0. The van der Waals surface area contributed by atoms with E-state index in [0.717, 1.165) is 25.1 Å². The van der Waals surface area contributed by atoms with Crippen LogP contribution in [-0.4, -0.2) is 37.1 Å². The fraction of sp³-hybridized carbons (Fsp3) is 0.500. The standard InChI is InChI=1S/C14H19NO2/c1-2-13(12-6-4-3-5-7-12)14(16)15-8-10-17-11-9-15/h3-7,13H,2,8-11H2,1H3/t13-/m1/s1. The van der Waals surface area contributed by atoms with Crippen LogP contribution in [0.2, 0.25) is 0 Å². The first-order valence-corrected chi connectivity index (χ1v) is 6.24. The molecule has 2 rings (SSSR count). The normalized spacial score (nSPS) is 17.8. The summed E-state index contributed by atoms with van der Waals surface area (Å²) in [4.78, 5) is 14.3. The van der Waals surface area contributed by atoms with Crippen molar-refractivity contribution in [1.82, 2.24) is 4.90 Å². The minimum absolute atomic E-state index is 0.00528. The van der Waals surface area contributed by atoms with Gasteiger partial charge in [-0.3, -0.25) is 4.79 Å². The van der Waals surface area contributed by atoms with Crippen molar-refractivity contribution in [2.24, 2.45) is 0 Å². The van der Waals surface area contributed by atoms with Gasteiger partial charge in [0.1, 0.15) is 0 Å². The van der Waals surface area contributed by atoms with Crippen LogP contribution in [0.1, 0.15) is 24.8 Å². The second kappa shape index (κ2) is 5.82. The third-order valence-electron chi connectivity index (χ3n) is 3.23. The Bertz CT molecular complexity index is 358. The minimum atomic E-state index is -0.00528. The Morgan fingerprint density at radius 3 is 2.53 bits per heavy atom. The maximum absolute atomic E-state index is 12.4. The fourth-order valence-corrected chi connectivity index (χ4v) is 2.24. The third kappa shape index (κ3) is 2.86. The molecule has 3 heteroatoms. The molecular formula is C14H19NO2. The fourth-order valence-electron chi connectivity index (χ4n) is 2.24. The van der Waals surface area contributed by atoms with Crippen molar-refractivity contribution in [3.63, 3.8) is 0 Å². The second-order valence-corrected chi connectivity index (χ2v) is 4.31. The summed E-state index contributed by atoms with van der Waals surface area (Å²) in [5, 5.41) is 0. The van der Waals surface area contributed by atoms with Gasteiger partial charge >= 0.3 is 0 Å². The number of amides is 1. The molecule has 0 radical (unpaired) electrons. The SMILES string of the molecule is CC[C@@H](C(=O)N1CCOCC1)c1ccccc1. The van der Waals surface area contributed by atoms with Crippen LogP contribution in [0.25, 0.3) is 0 Å². The van der Waals surface area contributed by atoms with Crippen molar-refractivity contribution in [2.75, 3.05) is 26.3 Å². The Hall–Kier alpha value is -1.35. The number of morpholine rings is 1. The number of benzene rings is 1. The molecule has 0 bridgehead atoms. The number of ether oxygens (including phenoxy) is 1. The van der Waals surface area contributed by atoms with E-state index in [2.05, 4.69) is 6.92 Å². The molecule has 0 N–H and O–H groups in total. The number of carbonyl (C=O) groups is 1. The van der Waals surface area contributed by atoms with E-state index in [9.17, 15) is 4.79 Å². The Kier molecular flexibility index (Phi) is 4.15. The van der Waals surface area contributed by atoms with Crippen molar-refractivity contribution >= 4 is 5.91 Å². The lowest BCUT2D eigenvalue weighted by Gasteiger charge is -2.30. The number of nitrogens with zero attached hydrogens (tertiary/aromatic N) is 1. The molecule has 17 heavy (non-hydrogen) atoms. The maximum Gasteiger partial charge on any atom is 0.230 e. The molecule has 1 fully saturated rings. The second-order valence-electron chi connectivity index (χ2n) is 4.31. The van der Waals surface area contributed by atoms with E-state index in [1.54, 1.807) is 0 Å². The molecular weight excluding hydrogens is 214 g/mol. The molecule has 0 aromatic heterocycles. The molecule has 1 aromatic carbocycles. The topological polar surface area (TPSA) is 29.5 Å². The molecule has 0 spiro atoms. The van der Waals surface area contributed by atoms with Crippen molar-refractivity contribution in [3.05, 3.63) is 35.9 Å². The Labute approximate surface area is 102 Å². The Morgan fingerprint density at radius 2 is 1.94 bits per heavy atom. The zero-order valence-corrected chi connectivity index (χ0v) is 10.3. The van der Waals surface area contributed by atoms with E-state index in [1.807, 2.05) is 35.2 Å². The third-order valence-corrected chi connectivity index (χ3v) is 3.23. The van der Waals surface area contributed by atoms with Crippen LogP contribution in [0.3, 0.4) is 0 Å². The van der Waals surface area contributed by atoms with E-state index < -0.39 is 0 Å². The molecule has 1 aromatic rings. The highest BCUT2D eigenvalue weighted by Crippen LogP contribution is 2.22. The summed E-state index contributed by atoms with van der Waals surface area (Å²) in [7, 11) is 0. The molecule has 0 saturated carbocycles. The van der Waals surface area contributed by atoms with E-state index in [1.165, 1.54) is 0 Å². The predicted molar refractivity (Wildman–Crippen MR) is 66.9 cm³/mol. The summed E-state index contributed by atoms with van der Waals surface area (Å²) in [5.74, 6) is 0.233. The Morgan fingerprint density at radius 1 is 1.29 bits per heavy atom. The summed E-state index contributed by atoms with van der Waals surface area (Å²) in [6, 6.07) is 10.0. The highest BCUT2D eigenvalue weighted by molar-refractivity contribution is 5.83. The molecule has 1 saturated heterocycles. The summed E-state index contributed by atoms with van der Waals surface area (Å²) in [6.45, 7) is 4.84. The number of hydrogen-bond donors (Lipinski definition) is 0. The lowest BCUT2D eigenvalue weighted by molar-refractivity contribution is -0.137. The minimum Gasteiger partial charge on any atom is -0.378 e. The van der Waals surface area contributed by atoms with Gasteiger partial charge in [-0.25, -0.2) is 0 Å². The van der Waals surface area contributed by atoms with Crippen LogP contribution >= 0.6 is 0 Å². The van der Waals surface area contributed by atoms with Crippen molar-refractivity contribution < 1.29 is 9.53 Å². The van der Waals surface area contributed by atoms with Crippen LogP contribution in [0, 0.1) is 0 Å². The molecule has 1 aliphatic heterocycles. The van der Waals surface area contributed by atoms with Gasteiger partial charge in [0, 0.05) is 13.1 Å². The summed E-state index contributed by atoms with van der Waals surface area (Å²) in [6.07, 6.45) is 0.847. The van der Waals surface area contributed by atoms with Crippen molar-refractivity contribution in [3.8, 4) is 0 Å². The Balaban J connectivity index is 2.10. The van der Waals surface area contributed by atoms with Crippen LogP contribution in [-0.2, 0) is 9.53 Å². The van der Waals surface area contributed by atoms with Gasteiger partial charge in [-0.1, -0.05) is 37.3 Å². The molecule has 1 heterocycles. The van der Waals surface area contributed by atoms with Gasteiger partial charge in [-0.05, 0) is 12.0 Å². The number of hydrogen-bond acceptors (Lipinski definition) is 2. The van der Waals surface area contributed by atoms with Gasteiger partial charge in [-0.15, -0.1) is 0 Å². The van der Waals surface area contributed by atoms with Gasteiger partial charge < -0.3 is 9.64 Å². The first kappa shape index (κ1) is 12.1. The van der Waals surface area contributed by atoms with Crippen LogP contribution in [0.4, 0.5) is 0 Å². The molecule has 1 aliphatic rings. The molecule has 0 unspecified atom stereocenters. The lowest BCUT2D eigenvalue weighted by Crippen LogP contribution is -2.43. The molecule has 0 aliphatic carbocycles. The van der Waals surface area contributed by atoms with Gasteiger partial charge in [0.2, 0.25) is 5.91 Å². The van der Waals surface area contributed by atoms with Crippen LogP contribution in [0.5, 0.6) is 0 Å². The van der Waals surface area contributed by atoms with Gasteiger partial charge in [0.05, 0.1) is 19.1 Å². The first-order chi connectivity index (χ1) is 8.33. The van der Waals surface area contributed by atoms with Gasteiger partial charge in [-0.2, -0.15) is 0 Å². The van der Waals surface area contributed by atoms with Crippen LogP contribution in [0.15, 0.2) is 30.3 Å². The molecule has 1 amide bonds. The summed E-state index contributed by atoms with van der Waals surface area (Å²) < 4.78 is 5.28. The molecule has 3 nitrogen and oxygen atoms in total. The monoisotopic (exact) mass is 233 g/mol. The van der Waals surface area contributed by atoms with Gasteiger partial charge in [0.15, 0.2) is 0 Å². The average molecular weight is 233 g/mol. The van der Waals surface area contributed by atoms with E-state index in [4.69, 9.17) is 4.74 Å². The highest BCUT2D eigenvalue weighted by Gasteiger charge is 2.25. The van der Waals surface area contributed by atoms with Crippen molar-refractivity contribution in [2.45, 2.75) is 19.3 Å². The van der Waals surface area contributed by atoms with E-state index in [0.29, 0.717) is 13.2 Å². The number of rotatable bonds is 3. The largest absolute Gasteiger partial charge is 0.378 e. The molecule has 92 valence electrons. The quantitative estimate of drug-likeness (QED) is 0.799. The zero-order valence-electron chi connectivity index (χ0n) is 10.3. The smallest absolute Gasteiger partial charge is 0.230 e. The van der Waals surface area contributed by atoms with Gasteiger partial charge in [0.25, 0.3) is 0 Å². The average Bonchev–Trinajstić information content (AvgIpc) is 2.42. The summed E-state index contributed by atoms with van der Waals surface area (Å²) in [5.41, 5.74) is 1.12. The molecule has 1 atom stereocenters. The lowest BCUT2D eigenvalue weighted by atomic mass is 9.95. The van der Waals surface area contributed by atoms with Crippen LogP contribution < -0.4 is 0 Å².